The minimum atomic E-state index is 0.225. The molecule has 0 aliphatic heterocycles. The van der Waals surface area contributed by atoms with Crippen molar-refractivity contribution in [1.29, 1.82) is 0 Å². The highest BCUT2D eigenvalue weighted by Crippen LogP contribution is 2.19. The maximum atomic E-state index is 5.94. The summed E-state index contributed by atoms with van der Waals surface area (Å²) in [6, 6.07) is 5.93. The second-order valence-corrected chi connectivity index (χ2v) is 6.01. The first kappa shape index (κ1) is 17.6. The van der Waals surface area contributed by atoms with Crippen LogP contribution in [0.4, 0.5) is 5.95 Å². The smallest absolute Gasteiger partial charge is 0.229 e. The Kier molecular flexibility index (Phi) is 7.20. The van der Waals surface area contributed by atoms with Gasteiger partial charge in [-0.2, -0.15) is 4.98 Å². The molecule has 0 amide bonds. The Hall–Kier alpha value is -1.75. The predicted octanol–water partition coefficient (Wildman–Crippen LogP) is 4.14. The van der Waals surface area contributed by atoms with Gasteiger partial charge in [-0.1, -0.05) is 39.2 Å². The molecule has 2 aromatic heterocycles. The Morgan fingerprint density at radius 3 is 2.70 bits per heavy atom. The number of aromatic nitrogens is 4. The molecule has 0 saturated heterocycles. The topological polar surface area (TPSA) is 54.8 Å². The predicted molar refractivity (Wildman–Crippen MR) is 93.4 cm³/mol. The van der Waals surface area contributed by atoms with Gasteiger partial charge in [-0.3, -0.25) is 4.98 Å². The van der Waals surface area contributed by atoms with E-state index in [-0.39, 0.29) is 5.28 Å². The summed E-state index contributed by atoms with van der Waals surface area (Å²) in [6.07, 6.45) is 8.08. The third-order valence-corrected chi connectivity index (χ3v) is 4.10. The van der Waals surface area contributed by atoms with Crippen LogP contribution in [-0.4, -0.2) is 26.5 Å². The van der Waals surface area contributed by atoms with Crippen molar-refractivity contribution in [3.63, 3.8) is 0 Å². The number of hydrogen-bond donors (Lipinski definition) is 0. The molecule has 0 aliphatic carbocycles. The molecule has 0 aromatic carbocycles. The zero-order valence-electron chi connectivity index (χ0n) is 13.8. The molecule has 5 nitrogen and oxygen atoms in total. The van der Waals surface area contributed by atoms with E-state index >= 15 is 0 Å². The zero-order valence-corrected chi connectivity index (χ0v) is 14.6. The molecule has 0 saturated carbocycles. The lowest BCUT2D eigenvalue weighted by atomic mass is 9.99. The van der Waals surface area contributed by atoms with Crippen molar-refractivity contribution in [3.05, 3.63) is 41.7 Å². The lowest BCUT2D eigenvalue weighted by molar-refractivity contribution is 0.441. The highest BCUT2D eigenvalue weighted by atomic mass is 35.5. The van der Waals surface area contributed by atoms with E-state index in [0.717, 1.165) is 18.7 Å². The van der Waals surface area contributed by atoms with E-state index in [2.05, 4.69) is 38.7 Å². The highest BCUT2D eigenvalue weighted by Gasteiger charge is 2.17. The van der Waals surface area contributed by atoms with E-state index in [1.54, 1.807) is 0 Å². The van der Waals surface area contributed by atoms with Gasteiger partial charge < -0.3 is 4.90 Å². The second kappa shape index (κ2) is 9.40. The molecule has 0 N–H and O–H groups in total. The van der Waals surface area contributed by atoms with Gasteiger partial charge in [-0.05, 0) is 36.1 Å². The Bertz CT molecular complexity index is 578. The third kappa shape index (κ3) is 5.75. The number of pyridine rings is 1. The summed E-state index contributed by atoms with van der Waals surface area (Å²) in [5, 5.41) is 0.225. The van der Waals surface area contributed by atoms with Gasteiger partial charge in [0.1, 0.15) is 6.33 Å². The van der Waals surface area contributed by atoms with Crippen LogP contribution in [0.2, 0.25) is 5.28 Å². The molecule has 2 rings (SSSR count). The molecule has 23 heavy (non-hydrogen) atoms. The van der Waals surface area contributed by atoms with Gasteiger partial charge in [0.2, 0.25) is 11.2 Å². The van der Waals surface area contributed by atoms with Crippen LogP contribution in [0.1, 0.15) is 45.2 Å². The van der Waals surface area contributed by atoms with E-state index in [1.165, 1.54) is 25.6 Å². The molecular weight excluding hydrogens is 310 g/mol. The summed E-state index contributed by atoms with van der Waals surface area (Å²) in [5.41, 5.74) is 0.995. The molecule has 0 fully saturated rings. The van der Waals surface area contributed by atoms with Gasteiger partial charge in [-0.15, -0.1) is 0 Å². The maximum Gasteiger partial charge on any atom is 0.229 e. The van der Waals surface area contributed by atoms with Crippen LogP contribution in [0.25, 0.3) is 0 Å². The Morgan fingerprint density at radius 1 is 1.17 bits per heavy atom. The molecule has 0 aliphatic rings. The minimum absolute atomic E-state index is 0.225. The van der Waals surface area contributed by atoms with Crippen LogP contribution in [0, 0.1) is 5.92 Å². The third-order valence-electron chi connectivity index (χ3n) is 3.91. The van der Waals surface area contributed by atoms with Crippen LogP contribution in [0.3, 0.4) is 0 Å². The summed E-state index contributed by atoms with van der Waals surface area (Å²) in [5.74, 6) is 1.22. The standard InChI is InChI=1S/C17H24ClN5/c1-3-5-8-14(4-2)11-23(12-15-9-6-7-10-19-15)17-21-13-20-16(18)22-17/h6-7,9-10,13-14H,3-5,8,11-12H2,1-2H3. The Balaban J connectivity index is 2.16. The van der Waals surface area contributed by atoms with Crippen molar-refractivity contribution in [2.75, 3.05) is 11.4 Å². The SMILES string of the molecule is CCCCC(CC)CN(Cc1ccccn1)c1ncnc(Cl)n1. The van der Waals surface area contributed by atoms with E-state index in [9.17, 15) is 0 Å². The molecule has 2 heterocycles. The number of anilines is 1. The van der Waals surface area contributed by atoms with Crippen molar-refractivity contribution in [2.24, 2.45) is 5.92 Å². The lowest BCUT2D eigenvalue weighted by Crippen LogP contribution is -2.31. The molecule has 6 heteroatoms. The molecule has 1 unspecified atom stereocenters. The molecular formula is C17H24ClN5. The molecule has 1 atom stereocenters. The van der Waals surface area contributed by atoms with E-state index in [4.69, 9.17) is 11.6 Å². The van der Waals surface area contributed by atoms with E-state index in [0.29, 0.717) is 18.4 Å². The second-order valence-electron chi connectivity index (χ2n) is 5.67. The van der Waals surface area contributed by atoms with Gasteiger partial charge in [0.25, 0.3) is 0 Å². The Labute approximate surface area is 143 Å². The number of halogens is 1. The summed E-state index contributed by atoms with van der Waals surface area (Å²) < 4.78 is 0. The fourth-order valence-electron chi connectivity index (χ4n) is 2.55. The quantitative estimate of drug-likeness (QED) is 0.690. The molecule has 124 valence electrons. The first-order chi connectivity index (χ1) is 11.2. The monoisotopic (exact) mass is 333 g/mol. The van der Waals surface area contributed by atoms with Crippen molar-refractivity contribution in [2.45, 2.75) is 46.1 Å². The van der Waals surface area contributed by atoms with Crippen LogP contribution >= 0.6 is 11.6 Å². The number of nitrogens with zero attached hydrogens (tertiary/aromatic N) is 5. The lowest BCUT2D eigenvalue weighted by Gasteiger charge is -2.27. The van der Waals surface area contributed by atoms with Crippen molar-refractivity contribution in [3.8, 4) is 0 Å². The minimum Gasteiger partial charge on any atom is -0.335 e. The molecule has 0 spiro atoms. The van der Waals surface area contributed by atoms with Crippen molar-refractivity contribution >= 4 is 17.5 Å². The maximum absolute atomic E-state index is 5.94. The van der Waals surface area contributed by atoms with Crippen LogP contribution in [-0.2, 0) is 6.54 Å². The molecule has 0 radical (unpaired) electrons. The van der Waals surface area contributed by atoms with E-state index < -0.39 is 0 Å². The van der Waals surface area contributed by atoms with Gasteiger partial charge in [-0.25, -0.2) is 9.97 Å². The summed E-state index contributed by atoms with van der Waals surface area (Å²) >= 11 is 5.94. The fourth-order valence-corrected chi connectivity index (χ4v) is 2.67. The Morgan fingerprint density at radius 2 is 2.04 bits per heavy atom. The normalized spacial score (nSPS) is 12.1. The molecule has 2 aromatic rings. The zero-order chi connectivity index (χ0) is 16.5. The molecule has 0 bridgehead atoms. The number of rotatable bonds is 9. The number of hydrogen-bond acceptors (Lipinski definition) is 5. The van der Waals surface area contributed by atoms with Crippen LogP contribution < -0.4 is 4.90 Å². The largest absolute Gasteiger partial charge is 0.335 e. The van der Waals surface area contributed by atoms with Gasteiger partial charge in [0.05, 0.1) is 12.2 Å². The first-order valence-corrected chi connectivity index (χ1v) is 8.60. The van der Waals surface area contributed by atoms with Crippen molar-refractivity contribution < 1.29 is 0 Å². The average molecular weight is 334 g/mol. The van der Waals surface area contributed by atoms with Gasteiger partial charge >= 0.3 is 0 Å². The number of unbranched alkanes of at least 4 members (excludes halogenated alkanes) is 1. The van der Waals surface area contributed by atoms with Gasteiger partial charge in [0, 0.05) is 12.7 Å². The van der Waals surface area contributed by atoms with Crippen LogP contribution in [0.5, 0.6) is 0 Å². The summed E-state index contributed by atoms with van der Waals surface area (Å²) in [4.78, 5) is 19.0. The summed E-state index contributed by atoms with van der Waals surface area (Å²) in [7, 11) is 0. The van der Waals surface area contributed by atoms with Crippen LogP contribution in [0.15, 0.2) is 30.7 Å². The first-order valence-electron chi connectivity index (χ1n) is 8.22. The fraction of sp³-hybridized carbons (Fsp3) is 0.529. The summed E-state index contributed by atoms with van der Waals surface area (Å²) in [6.45, 7) is 6.03. The highest BCUT2D eigenvalue weighted by molar-refractivity contribution is 6.28. The van der Waals surface area contributed by atoms with E-state index in [1.807, 2.05) is 24.4 Å². The van der Waals surface area contributed by atoms with Crippen molar-refractivity contribution in [1.82, 2.24) is 19.9 Å². The van der Waals surface area contributed by atoms with Gasteiger partial charge in [0.15, 0.2) is 0 Å². The average Bonchev–Trinajstić information content (AvgIpc) is 2.58.